The van der Waals surface area contributed by atoms with Crippen molar-refractivity contribution < 1.29 is 13.3 Å². The van der Waals surface area contributed by atoms with Crippen LogP contribution >= 0.6 is 23.4 Å². The summed E-state index contributed by atoms with van der Waals surface area (Å²) in [6.45, 7) is 6.23. The second-order valence-corrected chi connectivity index (χ2v) is 18.8. The fraction of sp³-hybridized carbons (Fsp3) is 0.364. The minimum atomic E-state index is -4.22. The highest BCUT2D eigenvalue weighted by Crippen LogP contribution is 2.34. The van der Waals surface area contributed by atoms with Gasteiger partial charge in [-0.2, -0.15) is 0 Å². The molecular weight excluding hydrogens is 804 g/mol. The van der Waals surface area contributed by atoms with Crippen LogP contribution < -0.4 is 10.0 Å². The zero-order valence-electron chi connectivity index (χ0n) is 33.6. The van der Waals surface area contributed by atoms with Crippen LogP contribution in [0.5, 0.6) is 0 Å². The molecule has 3 heterocycles. The lowest BCUT2D eigenvalue weighted by Crippen LogP contribution is -2.50. The van der Waals surface area contributed by atoms with E-state index in [0.29, 0.717) is 30.8 Å². The van der Waals surface area contributed by atoms with Crippen LogP contribution in [0, 0.1) is 10.1 Å². The highest BCUT2D eigenvalue weighted by atomic mass is 35.5. The number of hydrogen-bond acceptors (Lipinski definition) is 11. The molecule has 0 bridgehead atoms. The second-order valence-electron chi connectivity index (χ2n) is 15.6. The van der Waals surface area contributed by atoms with Crippen LogP contribution in [0.3, 0.4) is 0 Å². The first-order valence-electron chi connectivity index (χ1n) is 20.0. The molecule has 0 amide bonds. The molecule has 3 atom stereocenters. The number of sulfonamides is 1. The molecule has 0 spiro atoms. The molecule has 1 saturated heterocycles. The molecule has 1 aromatic heterocycles. The normalized spacial score (nSPS) is 18.0. The summed E-state index contributed by atoms with van der Waals surface area (Å²) in [5.74, 6) is 0.884. The fourth-order valence-corrected chi connectivity index (χ4v) is 10.2. The molecule has 2 aliphatic heterocycles. The number of fused-ring (bicyclic) bond motifs is 1. The summed E-state index contributed by atoms with van der Waals surface area (Å²) in [5, 5.41) is 16.4. The summed E-state index contributed by atoms with van der Waals surface area (Å²) in [7, 11) is -0.252. The first kappa shape index (κ1) is 42.6. The van der Waals surface area contributed by atoms with Crippen LogP contribution in [0.15, 0.2) is 113 Å². The zero-order chi connectivity index (χ0) is 41.5. The molecule has 0 radical (unpaired) electrons. The van der Waals surface area contributed by atoms with Crippen molar-refractivity contribution in [3.8, 4) is 11.1 Å². The first-order valence-corrected chi connectivity index (χ1v) is 22.8. The Kier molecular flexibility index (Phi) is 13.9. The van der Waals surface area contributed by atoms with Crippen LogP contribution in [0.1, 0.15) is 43.0 Å². The molecule has 310 valence electrons. The van der Waals surface area contributed by atoms with E-state index in [1.807, 2.05) is 56.6 Å². The molecule has 59 heavy (non-hydrogen) atoms. The van der Waals surface area contributed by atoms with Gasteiger partial charge in [-0.3, -0.25) is 24.6 Å². The van der Waals surface area contributed by atoms with Crippen molar-refractivity contribution in [2.24, 2.45) is 0 Å². The van der Waals surface area contributed by atoms with Gasteiger partial charge >= 0.3 is 0 Å². The van der Waals surface area contributed by atoms with Crippen molar-refractivity contribution in [2.45, 2.75) is 73.6 Å². The predicted molar refractivity (Wildman–Crippen MR) is 238 cm³/mol. The number of nitrogens with zero attached hydrogens (tertiary/aromatic N) is 6. The number of rotatable bonds is 16. The Balaban J connectivity index is 0.998. The molecule has 2 N–H and O–H groups in total. The predicted octanol–water partition coefficient (Wildman–Crippen LogP) is 8.44. The number of anilines is 2. The molecule has 1 fully saturated rings. The summed E-state index contributed by atoms with van der Waals surface area (Å²) in [4.78, 5) is 28.7. The van der Waals surface area contributed by atoms with Crippen LogP contribution in [0.2, 0.25) is 5.02 Å². The van der Waals surface area contributed by atoms with Gasteiger partial charge in [0.2, 0.25) is 0 Å². The fourth-order valence-electron chi connectivity index (χ4n) is 8.01. The topological polar surface area (TPSA) is 137 Å². The molecule has 0 saturated carbocycles. The number of likely N-dealkylation sites (tertiary alicyclic amines) is 1. The minimum absolute atomic E-state index is 0.104. The molecule has 3 unspecified atom stereocenters. The molecule has 2 aliphatic rings. The summed E-state index contributed by atoms with van der Waals surface area (Å²) in [5.41, 5.74) is 5.18. The quantitative estimate of drug-likeness (QED) is 0.0562. The van der Waals surface area contributed by atoms with Crippen molar-refractivity contribution >= 4 is 50.6 Å². The van der Waals surface area contributed by atoms with Gasteiger partial charge in [0.25, 0.3) is 15.7 Å². The maximum absolute atomic E-state index is 13.8. The van der Waals surface area contributed by atoms with E-state index in [1.54, 1.807) is 11.8 Å². The first-order chi connectivity index (χ1) is 28.4. The van der Waals surface area contributed by atoms with Gasteiger partial charge in [0.15, 0.2) is 0 Å². The Morgan fingerprint density at radius 1 is 1.00 bits per heavy atom. The van der Waals surface area contributed by atoms with E-state index < -0.39 is 14.9 Å². The van der Waals surface area contributed by atoms with Crippen LogP contribution in [0.4, 0.5) is 17.2 Å². The lowest BCUT2D eigenvalue weighted by atomic mass is 9.93. The van der Waals surface area contributed by atoms with Crippen molar-refractivity contribution in [2.75, 3.05) is 49.5 Å². The van der Waals surface area contributed by atoms with Crippen LogP contribution in [-0.2, 0) is 29.5 Å². The van der Waals surface area contributed by atoms with Gasteiger partial charge in [0.1, 0.15) is 17.8 Å². The number of piperidine rings is 1. The number of nitro groups is 1. The Labute approximate surface area is 356 Å². The average Bonchev–Trinajstić information content (AvgIpc) is 3.23. The second kappa shape index (κ2) is 19.2. The van der Waals surface area contributed by atoms with Gasteiger partial charge in [0.05, 0.1) is 15.5 Å². The average molecular weight is 856 g/mol. The maximum atomic E-state index is 13.8. The number of thioether (sulfide) groups is 1. The molecule has 7 rings (SSSR count). The van der Waals surface area contributed by atoms with Gasteiger partial charge in [-0.1, -0.05) is 66.2 Å². The number of aromatic nitrogens is 2. The Morgan fingerprint density at radius 3 is 2.51 bits per heavy atom. The largest absolute Gasteiger partial charge is 0.376 e. The number of halogens is 1. The molecule has 0 aliphatic carbocycles. The lowest BCUT2D eigenvalue weighted by Gasteiger charge is -2.43. The van der Waals surface area contributed by atoms with Gasteiger partial charge in [-0.25, -0.2) is 18.4 Å². The van der Waals surface area contributed by atoms with E-state index in [1.165, 1.54) is 29.6 Å². The van der Waals surface area contributed by atoms with E-state index in [0.717, 1.165) is 78.2 Å². The smallest absolute Gasteiger partial charge is 0.293 e. The Hall–Kier alpha value is -4.57. The van der Waals surface area contributed by atoms with Crippen LogP contribution in [0.25, 0.3) is 11.1 Å². The third kappa shape index (κ3) is 10.8. The molecule has 12 nitrogen and oxygen atoms in total. The SMILES string of the molecule is CC1CC(N2CCc3c(ncnc3NS(=O)(=O)c3ccc(NC(CCN(C)C)CSc4ccccc4)c([N+](=O)[O-])c3)C2)CCN1Cc1ccccc1-c1ccc(Cl)cc1. The van der Waals surface area contributed by atoms with Gasteiger partial charge in [0, 0.05) is 71.6 Å². The Bertz CT molecular complexity index is 2340. The van der Waals surface area contributed by atoms with Gasteiger partial charge < -0.3 is 10.2 Å². The zero-order valence-corrected chi connectivity index (χ0v) is 36.0. The number of nitro benzene ring substituents is 1. The highest BCUT2D eigenvalue weighted by molar-refractivity contribution is 7.99. The van der Waals surface area contributed by atoms with Crippen molar-refractivity contribution in [3.63, 3.8) is 0 Å². The maximum Gasteiger partial charge on any atom is 0.293 e. The third-order valence-electron chi connectivity index (χ3n) is 11.3. The number of hydrogen-bond donors (Lipinski definition) is 2. The summed E-state index contributed by atoms with van der Waals surface area (Å²) >= 11 is 7.83. The number of benzene rings is 4. The van der Waals surface area contributed by atoms with Gasteiger partial charge in [-0.15, -0.1) is 11.8 Å². The van der Waals surface area contributed by atoms with Crippen molar-refractivity contribution in [1.82, 2.24) is 24.7 Å². The van der Waals surface area contributed by atoms with E-state index in [9.17, 15) is 18.5 Å². The summed E-state index contributed by atoms with van der Waals surface area (Å²) < 4.78 is 30.3. The summed E-state index contributed by atoms with van der Waals surface area (Å²) in [6.07, 6.45) is 4.73. The number of nitrogens with one attached hydrogen (secondary N) is 2. The Morgan fingerprint density at radius 2 is 1.76 bits per heavy atom. The van der Waals surface area contributed by atoms with Crippen molar-refractivity contribution in [1.29, 1.82) is 0 Å². The van der Waals surface area contributed by atoms with E-state index in [2.05, 4.69) is 78.0 Å². The van der Waals surface area contributed by atoms with E-state index >= 15 is 0 Å². The van der Waals surface area contributed by atoms with Crippen molar-refractivity contribution in [3.05, 3.63) is 135 Å². The molecule has 15 heteroatoms. The molecule has 4 aromatic carbocycles. The monoisotopic (exact) mass is 854 g/mol. The van der Waals surface area contributed by atoms with Crippen LogP contribution in [-0.4, -0.2) is 95.6 Å². The third-order valence-corrected chi connectivity index (χ3v) is 14.0. The van der Waals surface area contributed by atoms with E-state index in [-0.39, 0.29) is 28.1 Å². The minimum Gasteiger partial charge on any atom is -0.376 e. The molecule has 5 aromatic rings. The molecular formula is C44H51ClN8O4S2. The standard InChI is InChI=1S/C44H51ClN8O4S2/c1-31-25-36(20-23-51(31)27-33-9-7-8-12-39(33)32-13-15-34(45)16-14-32)52-24-21-40-42(28-52)46-30-47-44(40)49-59(56,57)38-17-18-41(43(26-38)53(54)55)48-35(19-22-50(2)3)29-58-37-10-5-4-6-11-37/h4-18,26,30-31,35-36,48H,19-25,27-29H2,1-3H3,(H,46,47,49). The van der Waals surface area contributed by atoms with E-state index in [4.69, 9.17) is 11.6 Å². The lowest BCUT2D eigenvalue weighted by molar-refractivity contribution is -0.384. The highest BCUT2D eigenvalue weighted by Gasteiger charge is 2.33. The van der Waals surface area contributed by atoms with Gasteiger partial charge in [-0.05, 0) is 106 Å². The summed E-state index contributed by atoms with van der Waals surface area (Å²) in [6, 6.07) is 31.2.